The van der Waals surface area contributed by atoms with E-state index < -0.39 is 17.3 Å². The summed E-state index contributed by atoms with van der Waals surface area (Å²) in [5, 5.41) is 10.9. The van der Waals surface area contributed by atoms with E-state index >= 15 is 0 Å². The number of halogens is 1. The van der Waals surface area contributed by atoms with Crippen LogP contribution in [-0.2, 0) is 6.54 Å². The van der Waals surface area contributed by atoms with Gasteiger partial charge in [-0.2, -0.15) is 0 Å². The Kier molecular flexibility index (Phi) is 5.02. The van der Waals surface area contributed by atoms with E-state index in [4.69, 9.17) is 0 Å². The van der Waals surface area contributed by atoms with E-state index in [1.54, 1.807) is 42.5 Å². The van der Waals surface area contributed by atoms with E-state index in [9.17, 15) is 19.1 Å². The summed E-state index contributed by atoms with van der Waals surface area (Å²) in [7, 11) is 0. The Morgan fingerprint density at radius 1 is 1.15 bits per heavy atom. The number of fused-ring (bicyclic) bond motifs is 1. The number of nitrogens with zero attached hydrogens (tertiary/aromatic N) is 1. The summed E-state index contributed by atoms with van der Waals surface area (Å²) in [5.74, 6) is -1.40. The predicted octanol–water partition coefficient (Wildman–Crippen LogP) is 3.43. The molecule has 3 rings (SSSR count). The monoisotopic (exact) mass is 354 g/mol. The Bertz CT molecular complexity index is 1010. The maximum Gasteiger partial charge on any atom is 0.265 e. The van der Waals surface area contributed by atoms with Gasteiger partial charge in [-0.05, 0) is 24.6 Å². The first kappa shape index (κ1) is 17.7. The van der Waals surface area contributed by atoms with Gasteiger partial charge in [-0.3, -0.25) is 9.59 Å². The molecule has 2 aromatic carbocycles. The lowest BCUT2D eigenvalue weighted by Gasteiger charge is -2.23. The molecule has 0 atom stereocenters. The molecule has 0 aliphatic heterocycles. The van der Waals surface area contributed by atoms with Crippen LogP contribution in [-0.4, -0.2) is 27.4 Å². The maximum atomic E-state index is 14.0. The van der Waals surface area contributed by atoms with Gasteiger partial charge in [0.2, 0.25) is 0 Å². The van der Waals surface area contributed by atoms with E-state index in [-0.39, 0.29) is 17.9 Å². The first-order chi connectivity index (χ1) is 12.5. The Labute approximate surface area is 149 Å². The first-order valence-electron chi connectivity index (χ1n) is 8.39. The number of carbonyl (C=O) groups excluding carboxylic acids is 1. The van der Waals surface area contributed by atoms with Gasteiger partial charge >= 0.3 is 0 Å². The normalized spacial score (nSPS) is 10.8. The minimum absolute atomic E-state index is 0.0189. The molecule has 2 N–H and O–H groups in total. The molecule has 0 saturated heterocycles. The lowest BCUT2D eigenvalue weighted by atomic mass is 10.1. The lowest BCUT2D eigenvalue weighted by Crippen LogP contribution is -2.35. The minimum Gasteiger partial charge on any atom is -0.506 e. The molecule has 1 heterocycles. The number of H-pyrrole nitrogens is 1. The minimum atomic E-state index is -0.666. The number of rotatable bonds is 5. The molecule has 0 aliphatic carbocycles. The third-order valence-electron chi connectivity index (χ3n) is 4.21. The number of hydrogen-bond donors (Lipinski definition) is 2. The summed E-state index contributed by atoms with van der Waals surface area (Å²) in [5.41, 5.74) is -0.192. The van der Waals surface area contributed by atoms with Gasteiger partial charge in [0, 0.05) is 24.0 Å². The fraction of sp³-hybridized carbons (Fsp3) is 0.200. The summed E-state index contributed by atoms with van der Waals surface area (Å²) in [6.45, 7) is 2.23. The molecule has 0 spiro atoms. The van der Waals surface area contributed by atoms with Crippen molar-refractivity contribution in [2.24, 2.45) is 0 Å². The molecule has 0 fully saturated rings. The molecule has 1 aromatic heterocycles. The number of pyridine rings is 1. The lowest BCUT2D eigenvalue weighted by molar-refractivity contribution is 0.0737. The molecule has 134 valence electrons. The van der Waals surface area contributed by atoms with Crippen LogP contribution in [0.3, 0.4) is 0 Å². The molecule has 0 bridgehead atoms. The number of aromatic nitrogens is 1. The van der Waals surface area contributed by atoms with Crippen LogP contribution in [0.4, 0.5) is 4.39 Å². The molecular weight excluding hydrogens is 335 g/mol. The van der Waals surface area contributed by atoms with Crippen molar-refractivity contribution in [3.8, 4) is 5.75 Å². The van der Waals surface area contributed by atoms with E-state index in [2.05, 4.69) is 4.98 Å². The van der Waals surface area contributed by atoms with Gasteiger partial charge in [-0.1, -0.05) is 37.3 Å². The van der Waals surface area contributed by atoms with Crippen molar-refractivity contribution in [3.05, 3.63) is 75.8 Å². The molecule has 0 aliphatic rings. The van der Waals surface area contributed by atoms with Crippen molar-refractivity contribution in [1.82, 2.24) is 9.88 Å². The highest BCUT2D eigenvalue weighted by atomic mass is 19.1. The third-order valence-corrected chi connectivity index (χ3v) is 4.21. The van der Waals surface area contributed by atoms with Crippen molar-refractivity contribution in [2.45, 2.75) is 19.9 Å². The van der Waals surface area contributed by atoms with Crippen LogP contribution in [0.15, 0.2) is 53.3 Å². The van der Waals surface area contributed by atoms with Crippen molar-refractivity contribution >= 4 is 16.8 Å². The van der Waals surface area contributed by atoms with Crippen LogP contribution in [0.1, 0.15) is 29.3 Å². The highest BCUT2D eigenvalue weighted by Gasteiger charge is 2.24. The SMILES string of the molecule is CCCN(Cc1ccccc1F)C(=O)c1c(O)c2ccccc2[nH]c1=O. The summed E-state index contributed by atoms with van der Waals surface area (Å²) in [4.78, 5) is 29.3. The van der Waals surface area contributed by atoms with Crippen LogP contribution < -0.4 is 5.56 Å². The van der Waals surface area contributed by atoms with Gasteiger partial charge in [0.1, 0.15) is 17.1 Å². The van der Waals surface area contributed by atoms with Gasteiger partial charge in [0.15, 0.2) is 0 Å². The molecule has 0 saturated carbocycles. The molecule has 0 radical (unpaired) electrons. The number of hydrogen-bond acceptors (Lipinski definition) is 3. The fourth-order valence-corrected chi connectivity index (χ4v) is 2.94. The van der Waals surface area contributed by atoms with Gasteiger partial charge in [0.05, 0.1) is 5.52 Å². The van der Waals surface area contributed by atoms with Crippen LogP contribution >= 0.6 is 0 Å². The van der Waals surface area contributed by atoms with Crippen LogP contribution in [0.5, 0.6) is 5.75 Å². The zero-order chi connectivity index (χ0) is 18.7. The maximum absolute atomic E-state index is 14.0. The standard InChI is InChI=1S/C20H19FN2O3/c1-2-11-23(12-13-7-3-5-9-15(13)21)20(26)17-18(24)14-8-4-6-10-16(14)22-19(17)25/h3-10H,2,11-12H2,1H3,(H2,22,24,25). The Morgan fingerprint density at radius 2 is 1.85 bits per heavy atom. The van der Waals surface area contributed by atoms with Crippen LogP contribution in [0, 0.1) is 5.82 Å². The number of para-hydroxylation sites is 1. The second kappa shape index (κ2) is 7.39. The molecular formula is C20H19FN2O3. The average Bonchev–Trinajstić information content (AvgIpc) is 2.63. The number of nitrogens with one attached hydrogen (secondary N) is 1. The van der Waals surface area contributed by atoms with E-state index in [0.29, 0.717) is 29.4 Å². The molecule has 3 aromatic rings. The number of benzene rings is 2. The molecule has 0 unspecified atom stereocenters. The van der Waals surface area contributed by atoms with E-state index in [1.807, 2.05) is 6.92 Å². The molecule has 6 heteroatoms. The molecule has 5 nitrogen and oxygen atoms in total. The van der Waals surface area contributed by atoms with Crippen LogP contribution in [0.2, 0.25) is 0 Å². The number of aromatic amines is 1. The fourth-order valence-electron chi connectivity index (χ4n) is 2.94. The first-order valence-corrected chi connectivity index (χ1v) is 8.39. The van der Waals surface area contributed by atoms with Crippen molar-refractivity contribution < 1.29 is 14.3 Å². The quantitative estimate of drug-likeness (QED) is 0.737. The van der Waals surface area contributed by atoms with Crippen LogP contribution in [0.25, 0.3) is 10.9 Å². The summed E-state index contributed by atoms with van der Waals surface area (Å²) in [6, 6.07) is 12.9. The Morgan fingerprint density at radius 3 is 2.58 bits per heavy atom. The number of carbonyl (C=O) groups is 1. The topological polar surface area (TPSA) is 73.4 Å². The predicted molar refractivity (Wildman–Crippen MR) is 97.7 cm³/mol. The van der Waals surface area contributed by atoms with E-state index in [0.717, 1.165) is 0 Å². The number of aromatic hydroxyl groups is 1. The van der Waals surface area contributed by atoms with Gasteiger partial charge in [0.25, 0.3) is 11.5 Å². The van der Waals surface area contributed by atoms with Crippen molar-refractivity contribution in [2.75, 3.05) is 6.54 Å². The van der Waals surface area contributed by atoms with Gasteiger partial charge < -0.3 is 15.0 Å². The second-order valence-corrected chi connectivity index (χ2v) is 6.04. The van der Waals surface area contributed by atoms with Crippen molar-refractivity contribution in [1.29, 1.82) is 0 Å². The highest BCUT2D eigenvalue weighted by Crippen LogP contribution is 2.26. The third kappa shape index (κ3) is 3.31. The van der Waals surface area contributed by atoms with Gasteiger partial charge in [-0.15, -0.1) is 0 Å². The van der Waals surface area contributed by atoms with Crippen molar-refractivity contribution in [3.63, 3.8) is 0 Å². The summed E-state index contributed by atoms with van der Waals surface area (Å²) < 4.78 is 14.0. The molecule has 1 amide bonds. The zero-order valence-electron chi connectivity index (χ0n) is 14.3. The largest absolute Gasteiger partial charge is 0.506 e. The Hall–Kier alpha value is -3.15. The van der Waals surface area contributed by atoms with Gasteiger partial charge in [-0.25, -0.2) is 4.39 Å². The zero-order valence-corrected chi connectivity index (χ0v) is 14.3. The summed E-state index contributed by atoms with van der Waals surface area (Å²) >= 11 is 0. The second-order valence-electron chi connectivity index (χ2n) is 6.04. The summed E-state index contributed by atoms with van der Waals surface area (Å²) in [6.07, 6.45) is 0.631. The average molecular weight is 354 g/mol. The highest BCUT2D eigenvalue weighted by molar-refractivity contribution is 6.02. The molecule has 26 heavy (non-hydrogen) atoms. The smallest absolute Gasteiger partial charge is 0.265 e. The Balaban J connectivity index is 2.04. The van der Waals surface area contributed by atoms with E-state index in [1.165, 1.54) is 11.0 Å². The number of amides is 1.